The fraction of sp³-hybridized carbons (Fsp3) is 0.550. The molecule has 0 bridgehead atoms. The minimum Gasteiger partial charge on any atom is -0.469 e. The third kappa shape index (κ3) is 6.08. The van der Waals surface area contributed by atoms with Gasteiger partial charge in [-0.25, -0.2) is 0 Å². The smallest absolute Gasteiger partial charge is 0.246 e. The quantitative estimate of drug-likeness (QED) is 0.386. The number of rotatable bonds is 9. The van der Waals surface area contributed by atoms with Gasteiger partial charge in [0, 0.05) is 59.1 Å². The molecule has 1 aliphatic heterocycles. The third-order valence-electron chi connectivity index (χ3n) is 4.67. The number of guanidine groups is 1. The Hall–Kier alpha value is -2.81. The molecule has 9 heteroatoms. The van der Waals surface area contributed by atoms with Crippen LogP contribution in [0.2, 0.25) is 0 Å². The van der Waals surface area contributed by atoms with Crippen molar-refractivity contribution in [1.29, 1.82) is 0 Å². The number of furan rings is 1. The van der Waals surface area contributed by atoms with E-state index in [1.54, 1.807) is 22.0 Å². The normalized spacial score (nSPS) is 15.2. The van der Waals surface area contributed by atoms with Crippen molar-refractivity contribution in [1.82, 2.24) is 20.0 Å². The van der Waals surface area contributed by atoms with Gasteiger partial charge >= 0.3 is 0 Å². The highest BCUT2D eigenvalue weighted by Gasteiger charge is 2.27. The zero-order valence-electron chi connectivity index (χ0n) is 17.2. The molecule has 0 atom stereocenters. The molecule has 1 fully saturated rings. The number of hydrogen-bond acceptors (Lipinski definition) is 5. The maximum atomic E-state index is 12.7. The summed E-state index contributed by atoms with van der Waals surface area (Å²) in [5, 5.41) is 7.55. The van der Waals surface area contributed by atoms with E-state index < -0.39 is 0 Å². The SMILES string of the molecule is CCOCCCN=C(NCCc1ccco1)N1CCN(c2cnn(C)c2)C(=O)C1. The molecular weight excluding hydrogens is 372 g/mol. The summed E-state index contributed by atoms with van der Waals surface area (Å²) in [4.78, 5) is 21.2. The van der Waals surface area contributed by atoms with E-state index >= 15 is 0 Å². The van der Waals surface area contributed by atoms with Crippen molar-refractivity contribution in [3.63, 3.8) is 0 Å². The number of amides is 1. The number of aromatic nitrogens is 2. The van der Waals surface area contributed by atoms with Gasteiger partial charge in [0.2, 0.25) is 5.91 Å². The second-order valence-corrected chi connectivity index (χ2v) is 6.85. The van der Waals surface area contributed by atoms with E-state index in [4.69, 9.17) is 14.1 Å². The summed E-state index contributed by atoms with van der Waals surface area (Å²) in [5.74, 6) is 1.72. The van der Waals surface area contributed by atoms with Crippen molar-refractivity contribution >= 4 is 17.6 Å². The van der Waals surface area contributed by atoms with E-state index in [0.717, 1.165) is 30.2 Å². The molecule has 9 nitrogen and oxygen atoms in total. The third-order valence-corrected chi connectivity index (χ3v) is 4.67. The molecule has 0 aliphatic carbocycles. The molecule has 0 saturated carbocycles. The summed E-state index contributed by atoms with van der Waals surface area (Å²) < 4.78 is 12.5. The Morgan fingerprint density at radius 3 is 3.00 bits per heavy atom. The molecule has 158 valence electrons. The van der Waals surface area contributed by atoms with Gasteiger partial charge in [-0.05, 0) is 25.5 Å². The van der Waals surface area contributed by atoms with Crippen LogP contribution >= 0.6 is 0 Å². The van der Waals surface area contributed by atoms with Crippen molar-refractivity contribution < 1.29 is 13.9 Å². The van der Waals surface area contributed by atoms with Crippen molar-refractivity contribution in [3.8, 4) is 0 Å². The highest BCUT2D eigenvalue weighted by Crippen LogP contribution is 2.16. The highest BCUT2D eigenvalue weighted by atomic mass is 16.5. The van der Waals surface area contributed by atoms with Crippen LogP contribution in [0.3, 0.4) is 0 Å². The van der Waals surface area contributed by atoms with Crippen LogP contribution in [-0.4, -0.2) is 72.5 Å². The molecule has 1 aliphatic rings. The Bertz CT molecular complexity index is 786. The topological polar surface area (TPSA) is 88.1 Å². The van der Waals surface area contributed by atoms with Gasteiger partial charge in [-0.1, -0.05) is 0 Å². The second kappa shape index (κ2) is 10.7. The average molecular weight is 402 g/mol. The van der Waals surface area contributed by atoms with Crippen LogP contribution in [0.15, 0.2) is 40.2 Å². The van der Waals surface area contributed by atoms with Crippen LogP contribution < -0.4 is 10.2 Å². The van der Waals surface area contributed by atoms with Crippen LogP contribution in [-0.2, 0) is 23.0 Å². The predicted octanol–water partition coefficient (Wildman–Crippen LogP) is 1.28. The van der Waals surface area contributed by atoms with E-state index in [2.05, 4.69) is 10.4 Å². The number of nitrogens with one attached hydrogen (secondary N) is 1. The van der Waals surface area contributed by atoms with Crippen LogP contribution in [0.25, 0.3) is 0 Å². The highest BCUT2D eigenvalue weighted by molar-refractivity contribution is 5.98. The zero-order chi connectivity index (χ0) is 20.5. The van der Waals surface area contributed by atoms with Gasteiger partial charge in [-0.15, -0.1) is 0 Å². The van der Waals surface area contributed by atoms with Gasteiger partial charge in [-0.3, -0.25) is 14.5 Å². The molecule has 2 aromatic heterocycles. The number of carbonyl (C=O) groups excluding carboxylic acids is 1. The Morgan fingerprint density at radius 2 is 2.31 bits per heavy atom. The molecule has 0 spiro atoms. The molecular formula is C20H30N6O3. The molecule has 2 aromatic rings. The number of ether oxygens (including phenoxy) is 1. The fourth-order valence-electron chi connectivity index (χ4n) is 3.19. The van der Waals surface area contributed by atoms with Crippen LogP contribution in [0.1, 0.15) is 19.1 Å². The molecule has 0 radical (unpaired) electrons. The lowest BCUT2D eigenvalue weighted by molar-refractivity contribution is -0.120. The minimum atomic E-state index is 0.0408. The van der Waals surface area contributed by atoms with E-state index in [9.17, 15) is 4.79 Å². The largest absolute Gasteiger partial charge is 0.469 e. The summed E-state index contributed by atoms with van der Waals surface area (Å²) in [6.07, 6.45) is 6.86. The molecule has 1 saturated heterocycles. The molecule has 1 N–H and O–H groups in total. The van der Waals surface area contributed by atoms with E-state index in [1.807, 2.05) is 37.2 Å². The Labute approximate surface area is 171 Å². The van der Waals surface area contributed by atoms with Gasteiger partial charge in [0.1, 0.15) is 12.3 Å². The number of aryl methyl sites for hydroxylation is 1. The first-order valence-electron chi connectivity index (χ1n) is 10.1. The van der Waals surface area contributed by atoms with Crippen molar-refractivity contribution in [2.24, 2.45) is 12.0 Å². The minimum absolute atomic E-state index is 0.0408. The Kier molecular flexibility index (Phi) is 7.69. The summed E-state index contributed by atoms with van der Waals surface area (Å²) >= 11 is 0. The standard InChI is InChI=1S/C20H30N6O3/c1-3-28-12-5-8-21-20(22-9-7-18-6-4-13-29-18)25-10-11-26(19(27)16-25)17-14-23-24(2)15-17/h4,6,13-15H,3,5,7-12,16H2,1-2H3,(H,21,22). The number of aliphatic imine (C=N–C) groups is 1. The fourth-order valence-corrected chi connectivity index (χ4v) is 3.19. The average Bonchev–Trinajstić information content (AvgIpc) is 3.38. The van der Waals surface area contributed by atoms with Gasteiger partial charge in [0.15, 0.2) is 5.96 Å². The monoisotopic (exact) mass is 402 g/mol. The molecule has 29 heavy (non-hydrogen) atoms. The Balaban J connectivity index is 1.58. The van der Waals surface area contributed by atoms with E-state index in [0.29, 0.717) is 39.4 Å². The first-order valence-corrected chi connectivity index (χ1v) is 10.1. The molecule has 3 rings (SSSR count). The van der Waals surface area contributed by atoms with Gasteiger partial charge in [-0.2, -0.15) is 5.10 Å². The summed E-state index contributed by atoms with van der Waals surface area (Å²) in [6.45, 7) is 6.32. The van der Waals surface area contributed by atoms with E-state index in [1.165, 1.54) is 0 Å². The lowest BCUT2D eigenvalue weighted by atomic mass is 10.3. The molecule has 1 amide bonds. The number of carbonyl (C=O) groups is 1. The maximum Gasteiger partial charge on any atom is 0.246 e. The van der Waals surface area contributed by atoms with Crippen LogP contribution in [0.5, 0.6) is 0 Å². The van der Waals surface area contributed by atoms with Crippen LogP contribution in [0, 0.1) is 0 Å². The second-order valence-electron chi connectivity index (χ2n) is 6.85. The summed E-state index contributed by atoms with van der Waals surface area (Å²) in [7, 11) is 1.85. The molecule has 0 aromatic carbocycles. The van der Waals surface area contributed by atoms with Crippen molar-refractivity contribution in [2.75, 3.05) is 50.8 Å². The first kappa shape index (κ1) is 20.9. The number of anilines is 1. The molecule has 0 unspecified atom stereocenters. The number of piperazine rings is 1. The Morgan fingerprint density at radius 1 is 1.41 bits per heavy atom. The van der Waals surface area contributed by atoms with Gasteiger partial charge < -0.3 is 24.3 Å². The molecule has 3 heterocycles. The zero-order valence-corrected chi connectivity index (χ0v) is 17.2. The van der Waals surface area contributed by atoms with Crippen molar-refractivity contribution in [2.45, 2.75) is 19.8 Å². The van der Waals surface area contributed by atoms with Crippen LogP contribution in [0.4, 0.5) is 5.69 Å². The maximum absolute atomic E-state index is 12.7. The number of nitrogens with zero attached hydrogens (tertiary/aromatic N) is 5. The van der Waals surface area contributed by atoms with E-state index in [-0.39, 0.29) is 12.5 Å². The van der Waals surface area contributed by atoms with Crippen molar-refractivity contribution in [3.05, 3.63) is 36.5 Å². The summed E-state index contributed by atoms with van der Waals surface area (Å²) in [6, 6.07) is 3.84. The van der Waals surface area contributed by atoms with Gasteiger partial charge in [0.05, 0.1) is 18.1 Å². The number of hydrogen-bond donors (Lipinski definition) is 1. The first-order chi connectivity index (χ1) is 14.2. The predicted molar refractivity (Wildman–Crippen MR) is 111 cm³/mol. The summed E-state index contributed by atoms with van der Waals surface area (Å²) in [5.41, 5.74) is 0.832. The lowest BCUT2D eigenvalue weighted by Gasteiger charge is -2.35. The lowest BCUT2D eigenvalue weighted by Crippen LogP contribution is -2.55. The van der Waals surface area contributed by atoms with Gasteiger partial charge in [0.25, 0.3) is 0 Å².